The second kappa shape index (κ2) is 6.29. The van der Waals surface area contributed by atoms with E-state index in [0.29, 0.717) is 23.7 Å². The van der Waals surface area contributed by atoms with Gasteiger partial charge in [-0.15, -0.1) is 12.4 Å². The molecule has 0 aromatic heterocycles. The van der Waals surface area contributed by atoms with Crippen LogP contribution in [-0.2, 0) is 9.59 Å². The summed E-state index contributed by atoms with van der Waals surface area (Å²) in [6, 6.07) is 5.02. The molecule has 2 amide bonds. The fraction of sp³-hybridized carbons (Fsp3) is 0.333. The van der Waals surface area contributed by atoms with Crippen LogP contribution in [0.25, 0.3) is 0 Å². The molecule has 1 aromatic carbocycles. The maximum atomic E-state index is 11.9. The van der Waals surface area contributed by atoms with Gasteiger partial charge in [-0.2, -0.15) is 0 Å². The molecule has 0 spiro atoms. The van der Waals surface area contributed by atoms with Crippen LogP contribution in [0, 0.1) is 5.92 Å². The van der Waals surface area contributed by atoms with Gasteiger partial charge >= 0.3 is 0 Å². The van der Waals surface area contributed by atoms with Crippen LogP contribution in [0.5, 0.6) is 5.75 Å². The molecule has 1 unspecified atom stereocenters. The Kier molecular flexibility index (Phi) is 5.00. The number of nitrogens with one attached hydrogen (secondary N) is 2. The van der Waals surface area contributed by atoms with Crippen LogP contribution >= 0.6 is 12.4 Å². The lowest BCUT2D eigenvalue weighted by molar-refractivity contribution is -0.123. The first kappa shape index (κ1) is 15.1. The monoisotopic (exact) mass is 285 g/mol. The zero-order valence-electron chi connectivity index (χ0n) is 10.4. The first-order chi connectivity index (χ1) is 8.60. The minimum absolute atomic E-state index is 0. The SMILES string of the molecule is COc1ccc(N)c(NC(=O)C2CNC(=O)C2)c1.Cl. The molecule has 1 aromatic rings. The molecule has 7 heteroatoms. The smallest absolute Gasteiger partial charge is 0.229 e. The van der Waals surface area contributed by atoms with Gasteiger partial charge in [-0.1, -0.05) is 0 Å². The number of methoxy groups -OCH3 is 1. The quantitative estimate of drug-likeness (QED) is 0.715. The summed E-state index contributed by atoms with van der Waals surface area (Å²) in [6.07, 6.45) is 0.218. The summed E-state index contributed by atoms with van der Waals surface area (Å²) >= 11 is 0. The number of hydrogen-bond acceptors (Lipinski definition) is 4. The molecule has 1 saturated heterocycles. The maximum absolute atomic E-state index is 11.9. The molecule has 1 aliphatic heterocycles. The van der Waals surface area contributed by atoms with E-state index in [1.807, 2.05) is 0 Å². The van der Waals surface area contributed by atoms with E-state index in [1.54, 1.807) is 18.2 Å². The third-order valence-electron chi connectivity index (χ3n) is 2.87. The van der Waals surface area contributed by atoms with E-state index in [1.165, 1.54) is 7.11 Å². The zero-order chi connectivity index (χ0) is 13.1. The number of rotatable bonds is 3. The van der Waals surface area contributed by atoms with Crippen LogP contribution in [0.2, 0.25) is 0 Å². The normalized spacial score (nSPS) is 17.3. The van der Waals surface area contributed by atoms with Gasteiger partial charge in [0.25, 0.3) is 0 Å². The molecule has 1 atom stereocenters. The summed E-state index contributed by atoms with van der Waals surface area (Å²) in [5.74, 6) is -0.0507. The summed E-state index contributed by atoms with van der Waals surface area (Å²) in [5.41, 5.74) is 6.72. The molecule has 1 fully saturated rings. The van der Waals surface area contributed by atoms with Crippen molar-refractivity contribution in [3.05, 3.63) is 18.2 Å². The molecule has 19 heavy (non-hydrogen) atoms. The topological polar surface area (TPSA) is 93.4 Å². The predicted molar refractivity (Wildman–Crippen MR) is 74.4 cm³/mol. The fourth-order valence-corrected chi connectivity index (χ4v) is 1.80. The zero-order valence-corrected chi connectivity index (χ0v) is 11.3. The van der Waals surface area contributed by atoms with Crippen LogP contribution in [0.3, 0.4) is 0 Å². The predicted octanol–water partition coefficient (Wildman–Crippen LogP) is 0.774. The molecule has 2 rings (SSSR count). The molecule has 6 nitrogen and oxygen atoms in total. The number of amides is 2. The van der Waals surface area contributed by atoms with Crippen LogP contribution < -0.4 is 21.1 Å². The molecule has 104 valence electrons. The van der Waals surface area contributed by atoms with E-state index >= 15 is 0 Å². The number of hydrogen-bond donors (Lipinski definition) is 3. The Morgan fingerprint density at radius 2 is 2.26 bits per heavy atom. The van der Waals surface area contributed by atoms with Crippen molar-refractivity contribution in [1.82, 2.24) is 5.32 Å². The van der Waals surface area contributed by atoms with E-state index in [2.05, 4.69) is 10.6 Å². The van der Waals surface area contributed by atoms with E-state index in [0.717, 1.165) is 0 Å². The number of ether oxygens (including phenoxy) is 1. The Balaban J connectivity index is 0.00000180. The van der Waals surface area contributed by atoms with E-state index in [9.17, 15) is 9.59 Å². The highest BCUT2D eigenvalue weighted by Crippen LogP contribution is 2.25. The third-order valence-corrected chi connectivity index (χ3v) is 2.87. The van der Waals surface area contributed by atoms with Gasteiger partial charge in [-0.25, -0.2) is 0 Å². The Hall–Kier alpha value is -1.95. The summed E-state index contributed by atoms with van der Waals surface area (Å²) in [6.45, 7) is 0.370. The van der Waals surface area contributed by atoms with Crippen molar-refractivity contribution < 1.29 is 14.3 Å². The summed E-state index contributed by atoms with van der Waals surface area (Å²) in [7, 11) is 1.54. The van der Waals surface area contributed by atoms with Crippen molar-refractivity contribution in [2.24, 2.45) is 5.92 Å². The molecule has 0 radical (unpaired) electrons. The van der Waals surface area contributed by atoms with Gasteiger partial charge < -0.3 is 21.1 Å². The third kappa shape index (κ3) is 3.51. The van der Waals surface area contributed by atoms with Crippen LogP contribution in [0.4, 0.5) is 11.4 Å². The number of anilines is 2. The number of carbonyl (C=O) groups excluding carboxylic acids is 2. The van der Waals surface area contributed by atoms with Crippen molar-refractivity contribution in [3.63, 3.8) is 0 Å². The van der Waals surface area contributed by atoms with Gasteiger partial charge in [0, 0.05) is 19.0 Å². The average Bonchev–Trinajstić information content (AvgIpc) is 2.79. The molecule has 1 aliphatic rings. The average molecular weight is 286 g/mol. The molecule has 1 heterocycles. The lowest BCUT2D eigenvalue weighted by Crippen LogP contribution is -2.25. The van der Waals surface area contributed by atoms with Crippen LogP contribution in [-0.4, -0.2) is 25.5 Å². The maximum Gasteiger partial charge on any atom is 0.229 e. The fourth-order valence-electron chi connectivity index (χ4n) is 1.80. The summed E-state index contributed by atoms with van der Waals surface area (Å²) in [4.78, 5) is 23.0. The van der Waals surface area contributed by atoms with Gasteiger partial charge in [-0.3, -0.25) is 9.59 Å². The van der Waals surface area contributed by atoms with E-state index < -0.39 is 0 Å². The summed E-state index contributed by atoms with van der Waals surface area (Å²) in [5, 5.41) is 5.33. The Morgan fingerprint density at radius 1 is 1.53 bits per heavy atom. The number of nitrogen functional groups attached to an aromatic ring is 1. The number of benzene rings is 1. The highest BCUT2D eigenvalue weighted by atomic mass is 35.5. The minimum atomic E-state index is -0.344. The van der Waals surface area contributed by atoms with Gasteiger partial charge in [0.15, 0.2) is 0 Å². The molecule has 4 N–H and O–H groups in total. The number of carbonyl (C=O) groups is 2. The molecular formula is C12H16ClN3O3. The lowest BCUT2D eigenvalue weighted by Gasteiger charge is -2.12. The number of nitrogens with two attached hydrogens (primary N) is 1. The highest BCUT2D eigenvalue weighted by molar-refractivity contribution is 5.99. The van der Waals surface area contributed by atoms with Gasteiger partial charge in [0.2, 0.25) is 11.8 Å². The molecule has 0 aliphatic carbocycles. The summed E-state index contributed by atoms with van der Waals surface area (Å²) < 4.78 is 5.06. The lowest BCUT2D eigenvalue weighted by atomic mass is 10.1. The first-order valence-electron chi connectivity index (χ1n) is 5.61. The van der Waals surface area contributed by atoms with Crippen molar-refractivity contribution in [1.29, 1.82) is 0 Å². The minimum Gasteiger partial charge on any atom is -0.497 e. The standard InChI is InChI=1S/C12H15N3O3.ClH/c1-18-8-2-3-9(13)10(5-8)15-12(17)7-4-11(16)14-6-7;/h2-3,5,7H,4,6,13H2,1H3,(H,14,16)(H,15,17);1H. The van der Waals surface area contributed by atoms with Crippen molar-refractivity contribution in [2.75, 3.05) is 24.7 Å². The molecule has 0 saturated carbocycles. The Labute approximate surface area is 117 Å². The highest BCUT2D eigenvalue weighted by Gasteiger charge is 2.28. The van der Waals surface area contributed by atoms with E-state index in [4.69, 9.17) is 10.5 Å². The van der Waals surface area contributed by atoms with E-state index in [-0.39, 0.29) is 36.6 Å². The number of halogens is 1. The Bertz CT molecular complexity index is 493. The Morgan fingerprint density at radius 3 is 2.84 bits per heavy atom. The second-order valence-electron chi connectivity index (χ2n) is 4.15. The molecule has 0 bridgehead atoms. The largest absolute Gasteiger partial charge is 0.497 e. The van der Waals surface area contributed by atoms with Gasteiger partial charge in [0.05, 0.1) is 24.4 Å². The van der Waals surface area contributed by atoms with Crippen LogP contribution in [0.1, 0.15) is 6.42 Å². The van der Waals surface area contributed by atoms with Gasteiger partial charge in [-0.05, 0) is 12.1 Å². The van der Waals surface area contributed by atoms with Gasteiger partial charge in [0.1, 0.15) is 5.75 Å². The van der Waals surface area contributed by atoms with Crippen molar-refractivity contribution in [3.8, 4) is 5.75 Å². The van der Waals surface area contributed by atoms with Crippen LogP contribution in [0.15, 0.2) is 18.2 Å². The van der Waals surface area contributed by atoms with Crippen molar-refractivity contribution in [2.45, 2.75) is 6.42 Å². The van der Waals surface area contributed by atoms with Crippen molar-refractivity contribution >= 4 is 35.6 Å². The molecular weight excluding hydrogens is 270 g/mol. The first-order valence-corrected chi connectivity index (χ1v) is 5.61. The second-order valence-corrected chi connectivity index (χ2v) is 4.15.